The van der Waals surface area contributed by atoms with Gasteiger partial charge in [-0.3, -0.25) is 9.69 Å². The minimum absolute atomic E-state index is 0.143. The van der Waals surface area contributed by atoms with Crippen LogP contribution in [0.5, 0.6) is 0 Å². The van der Waals surface area contributed by atoms with Crippen LogP contribution in [-0.4, -0.2) is 50.1 Å². The van der Waals surface area contributed by atoms with Crippen molar-refractivity contribution in [3.8, 4) is 0 Å². The van der Waals surface area contributed by atoms with Gasteiger partial charge in [0.05, 0.1) is 6.54 Å². The molecule has 0 aliphatic carbocycles. The number of likely N-dealkylation sites (tertiary alicyclic amines) is 1. The number of nitrogens with zero attached hydrogens (tertiary/aromatic N) is 1. The Morgan fingerprint density at radius 3 is 3.00 bits per heavy atom. The molecule has 0 saturated carbocycles. The number of nitrogens with one attached hydrogen (secondary N) is 2. The summed E-state index contributed by atoms with van der Waals surface area (Å²) in [6, 6.07) is 0.554. The molecule has 4 nitrogen and oxygen atoms in total. The molecule has 14 heavy (non-hydrogen) atoms. The van der Waals surface area contributed by atoms with Gasteiger partial charge in [-0.05, 0) is 33.4 Å². The first-order chi connectivity index (χ1) is 6.76. The summed E-state index contributed by atoms with van der Waals surface area (Å²) in [5.74, 6) is 0.143. The van der Waals surface area contributed by atoms with Crippen LogP contribution in [0.1, 0.15) is 19.8 Å². The van der Waals surface area contributed by atoms with E-state index < -0.39 is 0 Å². The Balaban J connectivity index is 2.26. The van der Waals surface area contributed by atoms with Crippen molar-refractivity contribution in [2.24, 2.45) is 0 Å². The van der Waals surface area contributed by atoms with Crippen LogP contribution in [0.3, 0.4) is 0 Å². The highest BCUT2D eigenvalue weighted by Crippen LogP contribution is 2.08. The van der Waals surface area contributed by atoms with Gasteiger partial charge in [-0.25, -0.2) is 0 Å². The zero-order chi connectivity index (χ0) is 10.4. The van der Waals surface area contributed by atoms with E-state index in [1.165, 1.54) is 12.8 Å². The Kier molecular flexibility index (Phi) is 4.90. The van der Waals surface area contributed by atoms with E-state index in [9.17, 15) is 4.79 Å². The molecular formula is C10H21N3O. The molecule has 1 rings (SSSR count). The van der Waals surface area contributed by atoms with E-state index >= 15 is 0 Å². The van der Waals surface area contributed by atoms with Crippen molar-refractivity contribution < 1.29 is 4.79 Å². The number of rotatable bonds is 4. The number of piperidine rings is 1. The molecule has 0 bridgehead atoms. The molecule has 0 aromatic carbocycles. The number of carbonyl (C=O) groups is 1. The van der Waals surface area contributed by atoms with E-state index in [1.807, 2.05) is 14.0 Å². The van der Waals surface area contributed by atoms with Gasteiger partial charge in [0.15, 0.2) is 0 Å². The van der Waals surface area contributed by atoms with E-state index in [0.29, 0.717) is 12.6 Å². The smallest absolute Gasteiger partial charge is 0.234 e. The highest BCUT2D eigenvalue weighted by atomic mass is 16.2. The Morgan fingerprint density at radius 2 is 2.36 bits per heavy atom. The summed E-state index contributed by atoms with van der Waals surface area (Å²) < 4.78 is 0. The average molecular weight is 199 g/mol. The summed E-state index contributed by atoms with van der Waals surface area (Å²) in [6.07, 6.45) is 2.41. The fourth-order valence-electron chi connectivity index (χ4n) is 1.89. The zero-order valence-corrected chi connectivity index (χ0v) is 9.18. The summed E-state index contributed by atoms with van der Waals surface area (Å²) in [5, 5.41) is 6.09. The summed E-state index contributed by atoms with van der Waals surface area (Å²) in [4.78, 5) is 13.6. The molecule has 1 aliphatic heterocycles. The van der Waals surface area contributed by atoms with Crippen molar-refractivity contribution in [1.82, 2.24) is 15.5 Å². The Morgan fingerprint density at radius 1 is 1.57 bits per heavy atom. The van der Waals surface area contributed by atoms with Gasteiger partial charge in [-0.1, -0.05) is 0 Å². The summed E-state index contributed by atoms with van der Waals surface area (Å²) in [6.45, 7) is 5.27. The molecule has 1 fully saturated rings. The van der Waals surface area contributed by atoms with E-state index in [2.05, 4.69) is 15.5 Å². The van der Waals surface area contributed by atoms with Crippen LogP contribution in [0.4, 0.5) is 0 Å². The van der Waals surface area contributed by atoms with E-state index in [4.69, 9.17) is 0 Å². The molecule has 1 unspecified atom stereocenters. The van der Waals surface area contributed by atoms with Gasteiger partial charge in [0.25, 0.3) is 0 Å². The highest BCUT2D eigenvalue weighted by Gasteiger charge is 2.19. The molecule has 0 aromatic heterocycles. The van der Waals surface area contributed by atoms with Gasteiger partial charge in [-0.2, -0.15) is 0 Å². The lowest BCUT2D eigenvalue weighted by molar-refractivity contribution is -0.122. The van der Waals surface area contributed by atoms with Gasteiger partial charge in [0.1, 0.15) is 0 Å². The van der Waals surface area contributed by atoms with Crippen LogP contribution in [0, 0.1) is 0 Å². The maximum absolute atomic E-state index is 11.3. The van der Waals surface area contributed by atoms with Crippen molar-refractivity contribution in [2.75, 3.05) is 33.2 Å². The molecule has 4 heteroatoms. The number of hydrogen-bond donors (Lipinski definition) is 2. The second-order valence-corrected chi connectivity index (χ2v) is 3.82. The first-order valence-electron chi connectivity index (χ1n) is 5.42. The second-order valence-electron chi connectivity index (χ2n) is 3.82. The molecule has 0 spiro atoms. The van der Waals surface area contributed by atoms with Crippen LogP contribution < -0.4 is 10.6 Å². The summed E-state index contributed by atoms with van der Waals surface area (Å²) in [5.41, 5.74) is 0. The van der Waals surface area contributed by atoms with Crippen molar-refractivity contribution in [1.29, 1.82) is 0 Å². The number of amides is 1. The maximum atomic E-state index is 11.3. The summed E-state index contributed by atoms with van der Waals surface area (Å²) >= 11 is 0. The van der Waals surface area contributed by atoms with E-state index in [0.717, 1.165) is 19.6 Å². The maximum Gasteiger partial charge on any atom is 0.234 e. The van der Waals surface area contributed by atoms with Gasteiger partial charge in [-0.15, -0.1) is 0 Å². The fraction of sp³-hybridized carbons (Fsp3) is 0.900. The lowest BCUT2D eigenvalue weighted by Crippen LogP contribution is -2.47. The van der Waals surface area contributed by atoms with Crippen LogP contribution in [0.2, 0.25) is 0 Å². The van der Waals surface area contributed by atoms with Crippen LogP contribution >= 0.6 is 0 Å². The predicted molar refractivity (Wildman–Crippen MR) is 57.2 cm³/mol. The lowest BCUT2D eigenvalue weighted by Gasteiger charge is -2.31. The van der Waals surface area contributed by atoms with Crippen molar-refractivity contribution in [3.63, 3.8) is 0 Å². The minimum atomic E-state index is 0.143. The topological polar surface area (TPSA) is 44.4 Å². The van der Waals surface area contributed by atoms with Crippen LogP contribution in [-0.2, 0) is 4.79 Å². The van der Waals surface area contributed by atoms with Crippen molar-refractivity contribution >= 4 is 5.91 Å². The largest absolute Gasteiger partial charge is 0.355 e. The van der Waals surface area contributed by atoms with E-state index in [1.54, 1.807) is 0 Å². The highest BCUT2D eigenvalue weighted by molar-refractivity contribution is 5.77. The first kappa shape index (κ1) is 11.5. The minimum Gasteiger partial charge on any atom is -0.355 e. The second kappa shape index (κ2) is 5.98. The third-order valence-electron chi connectivity index (χ3n) is 2.65. The molecular weight excluding hydrogens is 178 g/mol. The quantitative estimate of drug-likeness (QED) is 0.659. The fourth-order valence-corrected chi connectivity index (χ4v) is 1.89. The predicted octanol–water partition coefficient (Wildman–Crippen LogP) is -0.194. The zero-order valence-electron chi connectivity index (χ0n) is 9.18. The Bertz CT molecular complexity index is 184. The molecule has 1 amide bonds. The summed E-state index contributed by atoms with van der Waals surface area (Å²) in [7, 11) is 1.99. The van der Waals surface area contributed by atoms with Gasteiger partial charge < -0.3 is 10.6 Å². The number of hydrogen-bond acceptors (Lipinski definition) is 3. The molecule has 1 saturated heterocycles. The molecule has 82 valence electrons. The van der Waals surface area contributed by atoms with Crippen LogP contribution in [0.15, 0.2) is 0 Å². The lowest BCUT2D eigenvalue weighted by atomic mass is 10.1. The molecule has 1 heterocycles. The van der Waals surface area contributed by atoms with Crippen LogP contribution in [0.25, 0.3) is 0 Å². The van der Waals surface area contributed by atoms with E-state index in [-0.39, 0.29) is 5.91 Å². The number of carbonyl (C=O) groups excluding carboxylic acids is 1. The average Bonchev–Trinajstić information content (AvgIpc) is 2.18. The van der Waals surface area contributed by atoms with Gasteiger partial charge in [0.2, 0.25) is 5.91 Å². The molecule has 0 radical (unpaired) electrons. The van der Waals surface area contributed by atoms with Crippen molar-refractivity contribution in [3.05, 3.63) is 0 Å². The normalized spacial score (nSPS) is 23.4. The third kappa shape index (κ3) is 3.64. The molecule has 2 N–H and O–H groups in total. The Hall–Kier alpha value is -0.610. The molecule has 0 aromatic rings. The molecule has 1 atom stereocenters. The van der Waals surface area contributed by atoms with Crippen molar-refractivity contribution in [2.45, 2.75) is 25.8 Å². The SMILES string of the molecule is CCNC(=O)CN1CCCC(NC)C1. The Labute approximate surface area is 86.0 Å². The third-order valence-corrected chi connectivity index (χ3v) is 2.65. The number of likely N-dealkylation sites (N-methyl/N-ethyl adjacent to an activating group) is 2. The van der Waals surface area contributed by atoms with Gasteiger partial charge >= 0.3 is 0 Å². The standard InChI is InChI=1S/C10H21N3O/c1-3-12-10(14)8-13-6-4-5-9(7-13)11-2/h9,11H,3-8H2,1-2H3,(H,12,14). The monoisotopic (exact) mass is 199 g/mol. The molecule has 1 aliphatic rings. The van der Waals surface area contributed by atoms with Gasteiger partial charge in [0, 0.05) is 19.1 Å². The first-order valence-corrected chi connectivity index (χ1v) is 5.42.